The number of hydrogen-bond donors (Lipinski definition) is 2. The van der Waals surface area contributed by atoms with Crippen molar-refractivity contribution in [2.24, 2.45) is 0 Å². The summed E-state index contributed by atoms with van der Waals surface area (Å²) in [6, 6.07) is 20.5. The molecule has 2 N–H and O–H groups in total. The van der Waals surface area contributed by atoms with E-state index in [-0.39, 0.29) is 31.3 Å². The van der Waals surface area contributed by atoms with Crippen molar-refractivity contribution >= 4 is 34.2 Å². The molecule has 11 nitrogen and oxygen atoms in total. The van der Waals surface area contributed by atoms with E-state index in [1.807, 2.05) is 54.7 Å². The molecular formula is C30H33N5O6. The largest absolute Gasteiger partial charge is 0.496 e. The average molecular weight is 560 g/mol. The molecule has 0 bridgehead atoms. The topological polar surface area (TPSA) is 130 Å². The lowest BCUT2D eigenvalue weighted by molar-refractivity contribution is -0.384. The molecule has 0 unspecified atom stereocenters. The fraction of sp³-hybridized carbons (Fsp3) is 0.267. The molecule has 0 aliphatic rings. The van der Waals surface area contributed by atoms with Crippen LogP contribution in [0, 0.1) is 10.1 Å². The minimum atomic E-state index is -0.516. The Morgan fingerprint density at radius 3 is 2.39 bits per heavy atom. The van der Waals surface area contributed by atoms with E-state index in [1.165, 1.54) is 36.3 Å². The second-order valence-corrected chi connectivity index (χ2v) is 9.39. The summed E-state index contributed by atoms with van der Waals surface area (Å²) < 4.78 is 10.7. The molecule has 1 heterocycles. The van der Waals surface area contributed by atoms with E-state index >= 15 is 0 Å². The maximum absolute atomic E-state index is 13.8. The maximum Gasteiger partial charge on any atom is 0.322 e. The normalized spacial score (nSPS) is 10.8. The van der Waals surface area contributed by atoms with Crippen molar-refractivity contribution in [3.8, 4) is 5.75 Å². The van der Waals surface area contributed by atoms with Gasteiger partial charge in [0.25, 0.3) is 5.69 Å². The molecule has 0 spiro atoms. The first-order valence-corrected chi connectivity index (χ1v) is 13.1. The molecule has 0 aliphatic carbocycles. The van der Waals surface area contributed by atoms with Gasteiger partial charge in [0.05, 0.1) is 18.6 Å². The van der Waals surface area contributed by atoms with Crippen LogP contribution in [0.4, 0.5) is 16.2 Å². The number of fused-ring (bicyclic) bond motifs is 1. The van der Waals surface area contributed by atoms with Crippen LogP contribution in [0.15, 0.2) is 79.0 Å². The molecule has 4 rings (SSSR count). The number of urea groups is 1. The predicted molar refractivity (Wildman–Crippen MR) is 156 cm³/mol. The number of hydrogen-bond acceptors (Lipinski definition) is 6. The van der Waals surface area contributed by atoms with Crippen molar-refractivity contribution < 1.29 is 24.0 Å². The van der Waals surface area contributed by atoms with Crippen LogP contribution in [0.1, 0.15) is 11.1 Å². The van der Waals surface area contributed by atoms with Gasteiger partial charge >= 0.3 is 6.03 Å². The first-order chi connectivity index (χ1) is 19.9. The van der Waals surface area contributed by atoms with E-state index in [4.69, 9.17) is 9.47 Å². The van der Waals surface area contributed by atoms with Gasteiger partial charge in [-0.3, -0.25) is 14.9 Å². The molecule has 0 aliphatic heterocycles. The summed E-state index contributed by atoms with van der Waals surface area (Å²) in [5.74, 6) is 0.426. The van der Waals surface area contributed by atoms with E-state index in [9.17, 15) is 19.7 Å². The molecule has 0 atom stereocenters. The first kappa shape index (κ1) is 29.1. The highest BCUT2D eigenvalue weighted by molar-refractivity contribution is 5.92. The number of rotatable bonds is 13. The number of aromatic nitrogens is 1. The van der Waals surface area contributed by atoms with Gasteiger partial charge < -0.3 is 29.6 Å². The fourth-order valence-electron chi connectivity index (χ4n) is 4.51. The van der Waals surface area contributed by atoms with Crippen LogP contribution in [-0.2, 0) is 22.5 Å². The zero-order valence-electron chi connectivity index (χ0n) is 23.0. The lowest BCUT2D eigenvalue weighted by Gasteiger charge is -2.28. The Labute approximate surface area is 237 Å². The van der Waals surface area contributed by atoms with Crippen LogP contribution < -0.4 is 10.1 Å². The molecule has 214 valence electrons. The monoisotopic (exact) mass is 559 g/mol. The second kappa shape index (κ2) is 13.9. The number of nitro benzene ring substituents is 1. The van der Waals surface area contributed by atoms with Gasteiger partial charge in [-0.15, -0.1) is 0 Å². The van der Waals surface area contributed by atoms with Crippen molar-refractivity contribution in [2.45, 2.75) is 13.0 Å². The summed E-state index contributed by atoms with van der Waals surface area (Å²) in [5, 5.41) is 14.8. The Morgan fingerprint density at radius 1 is 0.927 bits per heavy atom. The Kier molecular flexibility index (Phi) is 9.89. The van der Waals surface area contributed by atoms with Gasteiger partial charge in [0.1, 0.15) is 12.3 Å². The number of non-ortho nitro benzene ring substituents is 1. The molecule has 0 saturated heterocycles. The number of carbonyl (C=O) groups is 2. The van der Waals surface area contributed by atoms with Crippen molar-refractivity contribution in [3.63, 3.8) is 0 Å². The lowest BCUT2D eigenvalue weighted by Crippen LogP contribution is -2.46. The summed E-state index contributed by atoms with van der Waals surface area (Å²) >= 11 is 0. The number of aromatic amines is 1. The lowest BCUT2D eigenvalue weighted by atomic mass is 10.1. The van der Waals surface area contributed by atoms with Crippen molar-refractivity contribution in [2.75, 3.05) is 45.8 Å². The third-order valence-electron chi connectivity index (χ3n) is 6.74. The highest BCUT2D eigenvalue weighted by atomic mass is 16.6. The summed E-state index contributed by atoms with van der Waals surface area (Å²) in [5.41, 5.74) is 3.25. The molecule has 3 aromatic carbocycles. The number of benzene rings is 3. The average Bonchev–Trinajstić information content (AvgIpc) is 3.40. The van der Waals surface area contributed by atoms with Gasteiger partial charge in [0, 0.05) is 67.2 Å². The number of amides is 3. The smallest absolute Gasteiger partial charge is 0.322 e. The molecular weight excluding hydrogens is 526 g/mol. The molecule has 0 saturated carbocycles. The minimum absolute atomic E-state index is 0.0865. The third-order valence-corrected chi connectivity index (χ3v) is 6.74. The van der Waals surface area contributed by atoms with Crippen molar-refractivity contribution in [3.05, 3.63) is 100 Å². The van der Waals surface area contributed by atoms with E-state index in [0.717, 1.165) is 22.0 Å². The van der Waals surface area contributed by atoms with Crippen LogP contribution >= 0.6 is 0 Å². The molecule has 0 fully saturated rings. The number of carbonyl (C=O) groups excluding carboxylic acids is 2. The van der Waals surface area contributed by atoms with Crippen LogP contribution in [0.3, 0.4) is 0 Å². The quantitative estimate of drug-likeness (QED) is 0.178. The Bertz CT molecular complexity index is 1490. The molecule has 1 aromatic heterocycles. The number of H-pyrrole nitrogens is 1. The van der Waals surface area contributed by atoms with Gasteiger partial charge in [-0.25, -0.2) is 4.79 Å². The number of nitrogens with one attached hydrogen (secondary N) is 2. The number of ether oxygens (including phenoxy) is 2. The first-order valence-electron chi connectivity index (χ1n) is 13.1. The molecule has 11 heteroatoms. The summed E-state index contributed by atoms with van der Waals surface area (Å²) in [6.45, 7) is 0.925. The number of nitrogens with zero attached hydrogens (tertiary/aromatic N) is 3. The van der Waals surface area contributed by atoms with Crippen LogP contribution in [0.25, 0.3) is 10.9 Å². The maximum atomic E-state index is 13.8. The van der Waals surface area contributed by atoms with E-state index in [0.29, 0.717) is 30.9 Å². The number of nitro groups is 1. The highest BCUT2D eigenvalue weighted by Gasteiger charge is 2.23. The second-order valence-electron chi connectivity index (χ2n) is 9.39. The van der Waals surface area contributed by atoms with Gasteiger partial charge in [0.2, 0.25) is 5.91 Å². The van der Waals surface area contributed by atoms with Crippen molar-refractivity contribution in [1.29, 1.82) is 0 Å². The zero-order valence-corrected chi connectivity index (χ0v) is 23.0. The summed E-state index contributed by atoms with van der Waals surface area (Å²) in [7, 11) is 3.11. The van der Waals surface area contributed by atoms with Gasteiger partial charge in [-0.2, -0.15) is 0 Å². The van der Waals surface area contributed by atoms with Crippen LogP contribution in [0.2, 0.25) is 0 Å². The molecule has 3 amide bonds. The fourth-order valence-corrected chi connectivity index (χ4v) is 4.51. The summed E-state index contributed by atoms with van der Waals surface area (Å²) in [4.78, 5) is 43.7. The number of anilines is 1. The van der Waals surface area contributed by atoms with Gasteiger partial charge in [0.15, 0.2) is 0 Å². The zero-order chi connectivity index (χ0) is 29.2. The Morgan fingerprint density at radius 2 is 1.66 bits per heavy atom. The molecule has 4 aromatic rings. The molecule has 41 heavy (non-hydrogen) atoms. The van der Waals surface area contributed by atoms with Crippen LogP contribution in [0.5, 0.6) is 5.75 Å². The van der Waals surface area contributed by atoms with Crippen LogP contribution in [-0.4, -0.2) is 72.1 Å². The number of para-hydroxylation sites is 2. The SMILES string of the molecule is COCCN(CC(=O)N(CCc1c[nH]c2ccccc12)Cc1ccccc1OC)C(=O)Nc1ccc([N+](=O)[O-])cc1. The Balaban J connectivity index is 1.52. The van der Waals surface area contributed by atoms with Crippen molar-refractivity contribution in [1.82, 2.24) is 14.8 Å². The van der Waals surface area contributed by atoms with E-state index in [1.54, 1.807) is 12.0 Å². The highest BCUT2D eigenvalue weighted by Crippen LogP contribution is 2.22. The van der Waals surface area contributed by atoms with Gasteiger partial charge in [-0.05, 0) is 36.2 Å². The standard InChI is InChI=1S/C30H33N5O6/c1-40-18-17-34(30(37)32-24-11-13-25(14-12-24)35(38)39)21-29(36)33(20-23-7-3-6-10-28(23)41-2)16-15-22-19-31-27-9-5-4-8-26(22)27/h3-14,19,31H,15-18,20-21H2,1-2H3,(H,32,37). The summed E-state index contributed by atoms with van der Waals surface area (Å²) in [6.07, 6.45) is 2.57. The molecule has 0 radical (unpaired) electrons. The van der Waals surface area contributed by atoms with Gasteiger partial charge in [-0.1, -0.05) is 36.4 Å². The van der Waals surface area contributed by atoms with E-state index in [2.05, 4.69) is 10.3 Å². The van der Waals surface area contributed by atoms with E-state index < -0.39 is 11.0 Å². The predicted octanol–water partition coefficient (Wildman–Crippen LogP) is 4.84. The minimum Gasteiger partial charge on any atom is -0.496 e. The Hall–Kier alpha value is -4.90. The number of methoxy groups -OCH3 is 2. The third kappa shape index (κ3) is 7.61.